The van der Waals surface area contributed by atoms with Gasteiger partial charge in [-0.1, -0.05) is 103 Å². The minimum absolute atomic E-state index is 0. The van der Waals surface area contributed by atoms with Crippen LogP contribution < -0.4 is 25.9 Å². The average molecular weight is 861 g/mol. The van der Waals surface area contributed by atoms with Crippen LogP contribution in [-0.4, -0.2) is 16.7 Å². The van der Waals surface area contributed by atoms with Crippen molar-refractivity contribution < 1.29 is 43.3 Å². The third kappa shape index (κ3) is 6.27. The molecule has 0 fully saturated rings. The topological polar surface area (TPSA) is 44.2 Å². The molecule has 0 spiro atoms. The first-order chi connectivity index (χ1) is 29.0. The molecule has 4 heterocycles. The maximum atomic E-state index is 8.49. The first-order valence-electron chi connectivity index (χ1n) is 21.7. The zero-order valence-electron chi connectivity index (χ0n) is 37.7. The molecule has 7 aromatic rings. The maximum Gasteiger partial charge on any atom is 0.239 e. The minimum atomic E-state index is -2.29. The third-order valence-electron chi connectivity index (χ3n) is 9.23. The van der Waals surface area contributed by atoms with E-state index in [-0.39, 0.29) is 56.5 Å². The number of para-hydroxylation sites is 2. The van der Waals surface area contributed by atoms with E-state index in [9.17, 15) is 0 Å². The van der Waals surface area contributed by atoms with E-state index in [0.717, 1.165) is 33.5 Å². The van der Waals surface area contributed by atoms with Gasteiger partial charge in [0.1, 0.15) is 11.5 Å². The van der Waals surface area contributed by atoms with E-state index in [0.29, 0.717) is 45.1 Å². The quantitative estimate of drug-likeness (QED) is 0.132. The van der Waals surface area contributed by atoms with Crippen molar-refractivity contribution in [1.82, 2.24) is 9.97 Å². The second-order valence-corrected chi connectivity index (χ2v) is 12.4. The molecule has 0 atom stereocenters. The van der Waals surface area contributed by atoms with Crippen molar-refractivity contribution in [2.75, 3.05) is 0 Å². The first kappa shape index (κ1) is 24.0. The van der Waals surface area contributed by atoms with Crippen LogP contribution in [0.25, 0.3) is 33.6 Å². The smallest absolute Gasteiger partial charge is 0.239 e. The van der Waals surface area contributed by atoms with E-state index in [1.54, 1.807) is 30.3 Å². The molecule has 2 aliphatic heterocycles. The van der Waals surface area contributed by atoms with Crippen molar-refractivity contribution in [1.29, 1.82) is 0 Å². The Labute approximate surface area is 333 Å². The number of pyridine rings is 2. The molecule has 4 nitrogen and oxygen atoms in total. The first-order valence-corrected chi connectivity index (χ1v) is 16.7. The Hall–Kier alpha value is -5.29. The molecular formula is C46H35BIrN2O2-2. The average Bonchev–Trinajstić information content (AvgIpc) is 3.25. The van der Waals surface area contributed by atoms with Crippen molar-refractivity contribution in [2.24, 2.45) is 0 Å². The predicted octanol–water partition coefficient (Wildman–Crippen LogP) is 8.99. The third-order valence-corrected chi connectivity index (χ3v) is 9.23. The number of aromatic nitrogens is 2. The number of ether oxygens (including phenoxy) is 2. The molecular weight excluding hydrogens is 816 g/mol. The standard InChI is InChI=1S/C27H19BNO2.C19H16N.Ir/c1-4-10-21-17(7-1)13-15-22(29-21)18-14-16-25-26-27(18)31-24-12-6-3-9-20(24)28(26)19-8-2-5-11-23(19)30-25;1-14-8-10-17(11-9-14)19-12-18(15(2)13-20-19)16-6-4-3-5-7-16;/h2-3,5-6,8-9,11-13,15-16H,1,4,7,10H2;3-10,12-13H,1-2H3;/q2*-1;/i7D2,10D2;1D3,2D3;. The molecule has 1 aliphatic carbocycles. The molecule has 3 aliphatic rings. The van der Waals surface area contributed by atoms with Gasteiger partial charge in [0.15, 0.2) is 0 Å². The van der Waals surface area contributed by atoms with Gasteiger partial charge in [0, 0.05) is 57.2 Å². The van der Waals surface area contributed by atoms with Gasteiger partial charge in [-0.3, -0.25) is 0 Å². The van der Waals surface area contributed by atoms with Crippen LogP contribution in [0.15, 0.2) is 128 Å². The van der Waals surface area contributed by atoms with E-state index in [2.05, 4.69) is 34.2 Å². The van der Waals surface area contributed by atoms with Crippen LogP contribution in [0.5, 0.6) is 23.0 Å². The zero-order valence-corrected chi connectivity index (χ0v) is 30.1. The van der Waals surface area contributed by atoms with Crippen molar-refractivity contribution in [3.05, 3.63) is 162 Å². The molecule has 10 rings (SSSR count). The maximum absolute atomic E-state index is 8.49. The molecule has 52 heavy (non-hydrogen) atoms. The van der Waals surface area contributed by atoms with Crippen LogP contribution in [0.3, 0.4) is 0 Å². The summed E-state index contributed by atoms with van der Waals surface area (Å²) in [6.07, 6.45) is -1.75. The fourth-order valence-corrected chi connectivity index (χ4v) is 6.81. The molecule has 0 saturated carbocycles. The largest absolute Gasteiger partial charge is 0.503 e. The van der Waals surface area contributed by atoms with E-state index in [1.165, 1.54) is 18.3 Å². The van der Waals surface area contributed by atoms with E-state index < -0.39 is 26.4 Å². The van der Waals surface area contributed by atoms with Gasteiger partial charge in [0.05, 0.1) is 0 Å². The Morgan fingerprint density at radius 3 is 2.27 bits per heavy atom. The summed E-state index contributed by atoms with van der Waals surface area (Å²) in [5.41, 5.74) is 7.44. The van der Waals surface area contributed by atoms with Gasteiger partial charge in [-0.2, -0.15) is 0 Å². The molecule has 5 aromatic carbocycles. The van der Waals surface area contributed by atoms with Crippen molar-refractivity contribution >= 4 is 23.1 Å². The number of fused-ring (bicyclic) bond motifs is 5. The monoisotopic (exact) mass is 861 g/mol. The van der Waals surface area contributed by atoms with Gasteiger partial charge < -0.3 is 19.4 Å². The SMILES string of the molecule is [2H]C([2H])([2H])c1c[c-]c(-c2cc(-c3ccccc3)c(C([2H])([2H])[2H])cn2)cc1.[2H]C1([2H])CCC([2H])([2H])c2nc(-c3[c-]cc4c5c3Oc3ccccc3B5c3ccccc3O4)ccc21.[Ir]. The molecule has 0 N–H and O–H groups in total. The Morgan fingerprint density at radius 1 is 0.731 bits per heavy atom. The number of nitrogens with zero attached hydrogens (tertiary/aromatic N) is 2. The number of rotatable bonds is 3. The summed E-state index contributed by atoms with van der Waals surface area (Å²) in [6, 6.07) is 42.9. The molecule has 2 aromatic heterocycles. The summed E-state index contributed by atoms with van der Waals surface area (Å²) in [5, 5.41) is 0. The normalized spacial score (nSPS) is 18.3. The summed E-state index contributed by atoms with van der Waals surface area (Å²) in [6.45, 7) is -4.56. The molecule has 255 valence electrons. The Morgan fingerprint density at radius 2 is 1.50 bits per heavy atom. The van der Waals surface area contributed by atoms with Gasteiger partial charge in [-0.15, -0.1) is 47.5 Å². The molecule has 1 radical (unpaired) electrons. The number of hydrogen-bond donors (Lipinski definition) is 0. The van der Waals surface area contributed by atoms with Crippen LogP contribution in [0.1, 0.15) is 48.9 Å². The van der Waals surface area contributed by atoms with Crippen molar-refractivity contribution in [3.8, 4) is 56.6 Å². The fourth-order valence-electron chi connectivity index (χ4n) is 6.81. The van der Waals surface area contributed by atoms with E-state index in [4.69, 9.17) is 23.2 Å². The van der Waals surface area contributed by atoms with E-state index >= 15 is 0 Å². The van der Waals surface area contributed by atoms with Crippen LogP contribution >= 0.6 is 0 Å². The summed E-state index contributed by atoms with van der Waals surface area (Å²) in [4.78, 5) is 8.93. The van der Waals surface area contributed by atoms with Crippen LogP contribution in [-0.2, 0) is 32.9 Å². The van der Waals surface area contributed by atoms with Crippen LogP contribution in [0.2, 0.25) is 0 Å². The van der Waals surface area contributed by atoms with Gasteiger partial charge >= 0.3 is 0 Å². The fraction of sp³-hybridized carbons (Fsp3) is 0.130. The summed E-state index contributed by atoms with van der Waals surface area (Å²) in [5.74, 6) is 2.81. The summed E-state index contributed by atoms with van der Waals surface area (Å²) in [7, 11) is 0. The second-order valence-electron chi connectivity index (χ2n) is 12.4. The van der Waals surface area contributed by atoms with E-state index in [1.807, 2.05) is 66.7 Å². The number of hydrogen-bond acceptors (Lipinski definition) is 4. The zero-order chi connectivity index (χ0) is 42.9. The van der Waals surface area contributed by atoms with Crippen molar-refractivity contribution in [3.63, 3.8) is 0 Å². The molecule has 0 bridgehead atoms. The van der Waals surface area contributed by atoms with Gasteiger partial charge in [-0.25, -0.2) is 0 Å². The molecule has 0 unspecified atom stereocenters. The summed E-state index contributed by atoms with van der Waals surface area (Å²) < 4.78 is 91.9. The second kappa shape index (κ2) is 14.4. The number of aryl methyl sites for hydroxylation is 4. The molecule has 0 amide bonds. The number of benzene rings is 5. The molecule has 6 heteroatoms. The van der Waals surface area contributed by atoms with Crippen molar-refractivity contribution in [2.45, 2.75) is 39.3 Å². The van der Waals surface area contributed by atoms with Gasteiger partial charge in [0.2, 0.25) is 6.71 Å². The van der Waals surface area contributed by atoms with Crippen LogP contribution in [0.4, 0.5) is 0 Å². The van der Waals surface area contributed by atoms with Crippen LogP contribution in [0, 0.1) is 25.8 Å². The Balaban J connectivity index is 0.000000176. The minimum Gasteiger partial charge on any atom is -0.503 e. The molecule has 0 saturated heterocycles. The van der Waals surface area contributed by atoms with Gasteiger partial charge in [0.25, 0.3) is 0 Å². The summed E-state index contributed by atoms with van der Waals surface area (Å²) >= 11 is 0. The van der Waals surface area contributed by atoms with Gasteiger partial charge in [-0.05, 0) is 89.1 Å². The predicted molar refractivity (Wildman–Crippen MR) is 206 cm³/mol. The Bertz CT molecular complexity index is 2810. The Kier molecular flexibility index (Phi) is 6.65.